The number of nitrogens with two attached hydrogens (primary N) is 1. The van der Waals surface area contributed by atoms with E-state index in [1.165, 1.54) is 0 Å². The van der Waals surface area contributed by atoms with Gasteiger partial charge in [0.05, 0.1) is 12.7 Å². The van der Waals surface area contributed by atoms with Crippen molar-refractivity contribution in [3.8, 4) is 0 Å². The fourth-order valence-electron chi connectivity index (χ4n) is 1.94. The minimum Gasteiger partial charge on any atom is -0.372 e. The first-order chi connectivity index (χ1) is 10.6. The molecule has 22 heavy (non-hydrogen) atoms. The van der Waals surface area contributed by atoms with E-state index >= 15 is 0 Å². The van der Waals surface area contributed by atoms with Gasteiger partial charge in [-0.3, -0.25) is 9.89 Å². The summed E-state index contributed by atoms with van der Waals surface area (Å²) in [5.74, 6) is 0.169. The van der Waals surface area contributed by atoms with Crippen LogP contribution >= 0.6 is 0 Å². The number of carbonyl (C=O) groups is 1. The molecular weight excluding hydrogens is 280 g/mol. The number of nitrogens with zero attached hydrogens (tertiary/aromatic N) is 1. The third kappa shape index (κ3) is 4.41. The standard InChI is InChI=1S/C16H22N4O2/c1-3-13-9-14(20-19-13)18-16(21)15(17)11(2)22-10-12-7-5-4-6-8-12/h4-9,11,15H,3,10,17H2,1-2H3,(H2,18,19,20,21)/t11-,15+/m0/s1. The average Bonchev–Trinajstić information content (AvgIpc) is 3.00. The number of anilines is 1. The van der Waals surface area contributed by atoms with Gasteiger partial charge < -0.3 is 15.8 Å². The van der Waals surface area contributed by atoms with Crippen molar-refractivity contribution in [2.45, 2.75) is 39.0 Å². The van der Waals surface area contributed by atoms with E-state index in [2.05, 4.69) is 15.5 Å². The lowest BCUT2D eigenvalue weighted by Gasteiger charge is -2.19. The molecule has 1 heterocycles. The molecule has 0 unspecified atom stereocenters. The second-order valence-electron chi connectivity index (χ2n) is 5.15. The van der Waals surface area contributed by atoms with E-state index in [1.54, 1.807) is 13.0 Å². The summed E-state index contributed by atoms with van der Waals surface area (Å²) in [5, 5.41) is 9.54. The molecule has 1 amide bonds. The molecule has 0 aliphatic rings. The van der Waals surface area contributed by atoms with Crippen LogP contribution in [0.2, 0.25) is 0 Å². The molecule has 1 aromatic carbocycles. The number of carbonyl (C=O) groups excluding carboxylic acids is 1. The third-order valence-electron chi connectivity index (χ3n) is 3.43. The van der Waals surface area contributed by atoms with Crippen molar-refractivity contribution in [2.75, 3.05) is 5.32 Å². The van der Waals surface area contributed by atoms with Crippen LogP contribution in [0, 0.1) is 0 Å². The first-order valence-electron chi connectivity index (χ1n) is 7.36. The largest absolute Gasteiger partial charge is 0.372 e. The van der Waals surface area contributed by atoms with Crippen molar-refractivity contribution in [1.82, 2.24) is 10.2 Å². The molecule has 6 nitrogen and oxygen atoms in total. The molecule has 0 fully saturated rings. The SMILES string of the molecule is CCc1cc(NC(=O)[C@H](N)[C@H](C)OCc2ccccc2)n[nH]1. The Balaban J connectivity index is 1.83. The zero-order chi connectivity index (χ0) is 15.9. The molecular formula is C16H22N4O2. The summed E-state index contributed by atoms with van der Waals surface area (Å²) in [7, 11) is 0. The zero-order valence-electron chi connectivity index (χ0n) is 12.9. The lowest BCUT2D eigenvalue weighted by atomic mass is 10.1. The monoisotopic (exact) mass is 302 g/mol. The predicted octanol–water partition coefficient (Wildman–Crippen LogP) is 1.84. The van der Waals surface area contributed by atoms with E-state index in [1.807, 2.05) is 37.3 Å². The van der Waals surface area contributed by atoms with Gasteiger partial charge in [0.15, 0.2) is 5.82 Å². The molecule has 0 spiro atoms. The Morgan fingerprint density at radius 3 is 2.77 bits per heavy atom. The summed E-state index contributed by atoms with van der Waals surface area (Å²) in [6.07, 6.45) is 0.427. The number of H-pyrrole nitrogens is 1. The van der Waals surface area contributed by atoms with Gasteiger partial charge in [0.1, 0.15) is 6.04 Å². The van der Waals surface area contributed by atoms with Crippen LogP contribution in [0.15, 0.2) is 36.4 Å². The molecule has 4 N–H and O–H groups in total. The van der Waals surface area contributed by atoms with Crippen LogP contribution in [0.4, 0.5) is 5.82 Å². The van der Waals surface area contributed by atoms with Crippen LogP contribution in [0.5, 0.6) is 0 Å². The molecule has 0 bridgehead atoms. The molecule has 0 radical (unpaired) electrons. The Morgan fingerprint density at radius 1 is 1.41 bits per heavy atom. The van der Waals surface area contributed by atoms with Gasteiger partial charge in [0, 0.05) is 11.8 Å². The molecule has 0 saturated heterocycles. The van der Waals surface area contributed by atoms with Gasteiger partial charge in [0.25, 0.3) is 0 Å². The molecule has 6 heteroatoms. The smallest absolute Gasteiger partial charge is 0.245 e. The zero-order valence-corrected chi connectivity index (χ0v) is 12.9. The minimum absolute atomic E-state index is 0.310. The predicted molar refractivity (Wildman–Crippen MR) is 85.3 cm³/mol. The van der Waals surface area contributed by atoms with Crippen LogP contribution in [0.3, 0.4) is 0 Å². The van der Waals surface area contributed by atoms with Crippen LogP contribution in [0.25, 0.3) is 0 Å². The van der Waals surface area contributed by atoms with E-state index < -0.39 is 12.1 Å². The number of aromatic amines is 1. The summed E-state index contributed by atoms with van der Waals surface area (Å²) in [6, 6.07) is 10.8. The fourth-order valence-corrected chi connectivity index (χ4v) is 1.94. The van der Waals surface area contributed by atoms with Crippen molar-refractivity contribution in [3.05, 3.63) is 47.7 Å². The maximum absolute atomic E-state index is 12.1. The normalized spacial score (nSPS) is 13.6. The van der Waals surface area contributed by atoms with E-state index in [9.17, 15) is 4.79 Å². The number of ether oxygens (including phenoxy) is 1. The van der Waals surface area contributed by atoms with E-state index in [0.29, 0.717) is 12.4 Å². The third-order valence-corrected chi connectivity index (χ3v) is 3.43. The minimum atomic E-state index is -0.759. The maximum Gasteiger partial charge on any atom is 0.245 e. The Bertz CT molecular complexity index is 597. The van der Waals surface area contributed by atoms with Crippen LogP contribution in [0.1, 0.15) is 25.1 Å². The topological polar surface area (TPSA) is 93.0 Å². The Kier molecular flexibility index (Phi) is 5.68. The molecule has 118 valence electrons. The molecule has 1 aromatic heterocycles. The lowest BCUT2D eigenvalue weighted by molar-refractivity contribution is -0.120. The van der Waals surface area contributed by atoms with Gasteiger partial charge in [-0.25, -0.2) is 0 Å². The highest BCUT2D eigenvalue weighted by Gasteiger charge is 2.22. The van der Waals surface area contributed by atoms with Crippen molar-refractivity contribution in [1.29, 1.82) is 0 Å². The first kappa shape index (κ1) is 16.2. The molecule has 0 aliphatic carbocycles. The quantitative estimate of drug-likeness (QED) is 0.727. The summed E-state index contributed by atoms with van der Waals surface area (Å²) in [5.41, 5.74) is 7.94. The van der Waals surface area contributed by atoms with Gasteiger partial charge in [-0.15, -0.1) is 0 Å². The maximum atomic E-state index is 12.1. The number of aromatic nitrogens is 2. The van der Waals surface area contributed by atoms with Crippen LogP contribution in [-0.2, 0) is 22.6 Å². The fraction of sp³-hybridized carbons (Fsp3) is 0.375. The van der Waals surface area contributed by atoms with Crippen LogP contribution < -0.4 is 11.1 Å². The van der Waals surface area contributed by atoms with E-state index in [-0.39, 0.29) is 5.91 Å². The van der Waals surface area contributed by atoms with Crippen molar-refractivity contribution in [3.63, 3.8) is 0 Å². The van der Waals surface area contributed by atoms with Crippen molar-refractivity contribution < 1.29 is 9.53 Å². The molecule has 2 rings (SSSR count). The molecule has 2 atom stereocenters. The highest BCUT2D eigenvalue weighted by Crippen LogP contribution is 2.09. The van der Waals surface area contributed by atoms with Gasteiger partial charge in [-0.1, -0.05) is 37.3 Å². The highest BCUT2D eigenvalue weighted by atomic mass is 16.5. The van der Waals surface area contributed by atoms with Crippen molar-refractivity contribution in [2.24, 2.45) is 5.73 Å². The Morgan fingerprint density at radius 2 is 2.14 bits per heavy atom. The summed E-state index contributed by atoms with van der Waals surface area (Å²) in [4.78, 5) is 12.1. The van der Waals surface area contributed by atoms with Gasteiger partial charge in [-0.2, -0.15) is 5.10 Å². The van der Waals surface area contributed by atoms with Gasteiger partial charge >= 0.3 is 0 Å². The number of aryl methyl sites for hydroxylation is 1. The number of hydrogen-bond donors (Lipinski definition) is 3. The van der Waals surface area contributed by atoms with E-state index in [4.69, 9.17) is 10.5 Å². The molecule has 0 aliphatic heterocycles. The van der Waals surface area contributed by atoms with E-state index in [0.717, 1.165) is 17.7 Å². The molecule has 0 saturated carbocycles. The molecule has 2 aromatic rings. The highest BCUT2D eigenvalue weighted by molar-refractivity contribution is 5.94. The second kappa shape index (κ2) is 7.72. The number of amides is 1. The average molecular weight is 302 g/mol. The summed E-state index contributed by atoms with van der Waals surface area (Å²) in [6.45, 7) is 4.21. The number of benzene rings is 1. The first-order valence-corrected chi connectivity index (χ1v) is 7.36. The Labute approximate surface area is 130 Å². The number of hydrogen-bond acceptors (Lipinski definition) is 4. The van der Waals surface area contributed by atoms with Crippen molar-refractivity contribution >= 4 is 11.7 Å². The number of nitrogens with one attached hydrogen (secondary N) is 2. The van der Waals surface area contributed by atoms with Crippen LogP contribution in [-0.4, -0.2) is 28.3 Å². The number of rotatable bonds is 7. The summed E-state index contributed by atoms with van der Waals surface area (Å²) < 4.78 is 5.66. The van der Waals surface area contributed by atoms with Gasteiger partial charge in [0.2, 0.25) is 5.91 Å². The Hall–Kier alpha value is -2.18. The second-order valence-corrected chi connectivity index (χ2v) is 5.15. The van der Waals surface area contributed by atoms with Gasteiger partial charge in [-0.05, 0) is 18.9 Å². The summed E-state index contributed by atoms with van der Waals surface area (Å²) >= 11 is 0. The lowest BCUT2D eigenvalue weighted by Crippen LogP contribution is -2.45.